The molecule has 0 radical (unpaired) electrons. The Morgan fingerprint density at radius 2 is 1.48 bits per heavy atom. The van der Waals surface area contributed by atoms with Gasteiger partial charge in [-0.3, -0.25) is 9.59 Å². The van der Waals surface area contributed by atoms with Gasteiger partial charge in [0.05, 0.1) is 11.5 Å². The molecule has 3 aromatic carbocycles. The number of aromatic carboxylic acids is 1. The van der Waals surface area contributed by atoms with E-state index in [-0.39, 0.29) is 22.6 Å². The molecule has 0 bridgehead atoms. The van der Waals surface area contributed by atoms with Gasteiger partial charge in [-0.25, -0.2) is 4.79 Å². The second kappa shape index (κ2) is 10.8. The van der Waals surface area contributed by atoms with Crippen molar-refractivity contribution >= 4 is 29.4 Å². The fourth-order valence-electron chi connectivity index (χ4n) is 3.58. The number of hydrogen-bond donors (Lipinski definition) is 3. The van der Waals surface area contributed by atoms with Crippen molar-refractivity contribution in [1.29, 1.82) is 0 Å². The van der Waals surface area contributed by atoms with Crippen molar-refractivity contribution in [3.05, 3.63) is 94.5 Å². The fourth-order valence-corrected chi connectivity index (χ4v) is 3.82. The maximum Gasteiger partial charge on any atom is 0.335 e. The predicted octanol–water partition coefficient (Wildman–Crippen LogP) is 5.16. The number of hydrogen-bond acceptors (Lipinski definition) is 3. The number of carbonyl (C=O) groups excluding carboxylic acids is 1. The number of benzene rings is 3. The zero-order valence-corrected chi connectivity index (χ0v) is 18.8. The molecule has 33 heavy (non-hydrogen) atoms. The number of carboxylic acids is 2. The third-order valence-corrected chi connectivity index (χ3v) is 5.56. The molecule has 0 saturated heterocycles. The Hall–Kier alpha value is -3.64. The number of rotatable bonds is 9. The Morgan fingerprint density at radius 3 is 2.09 bits per heavy atom. The summed E-state index contributed by atoms with van der Waals surface area (Å²) in [6.07, 6.45) is 0.638. The summed E-state index contributed by atoms with van der Waals surface area (Å²) >= 11 is 5.97. The molecule has 0 aliphatic carbocycles. The molecule has 0 aromatic heterocycles. The third kappa shape index (κ3) is 6.67. The van der Waals surface area contributed by atoms with Crippen molar-refractivity contribution in [2.24, 2.45) is 5.92 Å². The van der Waals surface area contributed by atoms with E-state index >= 15 is 0 Å². The maximum absolute atomic E-state index is 12.9. The van der Waals surface area contributed by atoms with Gasteiger partial charge in [0.15, 0.2) is 0 Å². The van der Waals surface area contributed by atoms with E-state index in [1.165, 1.54) is 18.2 Å². The van der Waals surface area contributed by atoms with E-state index < -0.39 is 29.8 Å². The van der Waals surface area contributed by atoms with Crippen LogP contribution in [0, 0.1) is 5.92 Å². The topological polar surface area (TPSA) is 104 Å². The van der Waals surface area contributed by atoms with Gasteiger partial charge in [0.25, 0.3) is 5.91 Å². The first kappa shape index (κ1) is 24.0. The lowest BCUT2D eigenvalue weighted by Gasteiger charge is -2.21. The molecular weight excluding hydrogens is 442 g/mol. The van der Waals surface area contributed by atoms with Crippen LogP contribution in [0.25, 0.3) is 11.1 Å². The zero-order chi connectivity index (χ0) is 24.0. The predicted molar refractivity (Wildman–Crippen MR) is 127 cm³/mol. The number of amides is 1. The molecule has 0 fully saturated rings. The van der Waals surface area contributed by atoms with E-state index in [4.69, 9.17) is 11.6 Å². The van der Waals surface area contributed by atoms with E-state index in [1.807, 2.05) is 54.6 Å². The molecule has 2 atom stereocenters. The summed E-state index contributed by atoms with van der Waals surface area (Å²) in [5.41, 5.74) is 3.09. The lowest BCUT2D eigenvalue weighted by Crippen LogP contribution is -2.38. The van der Waals surface area contributed by atoms with Crippen molar-refractivity contribution in [2.45, 2.75) is 25.8 Å². The van der Waals surface area contributed by atoms with Crippen molar-refractivity contribution in [1.82, 2.24) is 5.32 Å². The molecule has 170 valence electrons. The quantitative estimate of drug-likeness (QED) is 0.405. The summed E-state index contributed by atoms with van der Waals surface area (Å²) in [6, 6.07) is 21.2. The number of aliphatic carboxylic acids is 1. The zero-order valence-electron chi connectivity index (χ0n) is 18.0. The highest BCUT2D eigenvalue weighted by Gasteiger charge is 2.22. The van der Waals surface area contributed by atoms with Gasteiger partial charge in [-0.1, -0.05) is 73.1 Å². The maximum atomic E-state index is 12.9. The first-order valence-corrected chi connectivity index (χ1v) is 10.8. The van der Waals surface area contributed by atoms with Crippen LogP contribution in [0.4, 0.5) is 0 Å². The van der Waals surface area contributed by atoms with E-state index in [0.717, 1.165) is 16.7 Å². The number of carbonyl (C=O) groups is 3. The molecule has 6 nitrogen and oxygen atoms in total. The van der Waals surface area contributed by atoms with Gasteiger partial charge in [0, 0.05) is 16.6 Å². The highest BCUT2D eigenvalue weighted by molar-refractivity contribution is 6.31. The van der Waals surface area contributed by atoms with Crippen molar-refractivity contribution in [3.63, 3.8) is 0 Å². The Kier molecular flexibility index (Phi) is 7.85. The molecule has 3 rings (SSSR count). The van der Waals surface area contributed by atoms with Gasteiger partial charge in [0.2, 0.25) is 0 Å². The van der Waals surface area contributed by atoms with Gasteiger partial charge in [0.1, 0.15) is 0 Å². The van der Waals surface area contributed by atoms with Gasteiger partial charge in [-0.05, 0) is 47.7 Å². The molecule has 3 N–H and O–H groups in total. The van der Waals surface area contributed by atoms with Gasteiger partial charge < -0.3 is 15.5 Å². The van der Waals surface area contributed by atoms with E-state index in [9.17, 15) is 24.6 Å². The summed E-state index contributed by atoms with van der Waals surface area (Å²) in [5, 5.41) is 21.6. The van der Waals surface area contributed by atoms with Crippen LogP contribution in [-0.4, -0.2) is 34.1 Å². The van der Waals surface area contributed by atoms with Crippen LogP contribution in [0.2, 0.25) is 5.02 Å². The first-order chi connectivity index (χ1) is 15.7. The lowest BCUT2D eigenvalue weighted by atomic mass is 9.94. The van der Waals surface area contributed by atoms with Crippen LogP contribution < -0.4 is 5.32 Å². The minimum atomic E-state index is -1.19. The Bertz CT molecular complexity index is 1150. The molecule has 7 heteroatoms. The van der Waals surface area contributed by atoms with Crippen LogP contribution in [0.1, 0.15) is 39.6 Å². The average Bonchev–Trinajstić information content (AvgIpc) is 2.79. The standard InChI is InChI=1S/C26H24ClNO5/c1-16(25(30)31)11-23(28-24(29)20-13-21(26(32)33)15-22(27)14-20)12-17-7-9-19(10-8-17)18-5-3-2-4-6-18/h2-10,13-16,23H,11-12H2,1H3,(H,28,29)(H,30,31)(H,32,33)/t16-,23+/m1/s1. The fraction of sp³-hybridized carbons (Fsp3) is 0.192. The highest BCUT2D eigenvalue weighted by Crippen LogP contribution is 2.21. The molecule has 0 unspecified atom stereocenters. The normalized spacial score (nSPS) is 12.5. The summed E-state index contributed by atoms with van der Waals surface area (Å²) in [7, 11) is 0. The SMILES string of the molecule is C[C@H](C[C@@H](Cc1ccc(-c2ccccc2)cc1)NC(=O)c1cc(Cl)cc(C(=O)O)c1)C(=O)O. The van der Waals surface area contributed by atoms with Crippen LogP contribution in [0.3, 0.4) is 0 Å². The highest BCUT2D eigenvalue weighted by atomic mass is 35.5. The second-order valence-corrected chi connectivity index (χ2v) is 8.38. The van der Waals surface area contributed by atoms with E-state index in [2.05, 4.69) is 5.32 Å². The Morgan fingerprint density at radius 1 is 0.879 bits per heavy atom. The van der Waals surface area contributed by atoms with E-state index in [1.54, 1.807) is 6.92 Å². The van der Waals surface area contributed by atoms with Crippen LogP contribution in [0.5, 0.6) is 0 Å². The van der Waals surface area contributed by atoms with Gasteiger partial charge >= 0.3 is 11.9 Å². The molecule has 3 aromatic rings. The lowest BCUT2D eigenvalue weighted by molar-refractivity contribution is -0.141. The molecule has 0 spiro atoms. The second-order valence-electron chi connectivity index (χ2n) is 7.95. The first-order valence-electron chi connectivity index (χ1n) is 10.4. The summed E-state index contributed by atoms with van der Waals surface area (Å²) in [5.74, 6) is -3.33. The summed E-state index contributed by atoms with van der Waals surface area (Å²) in [6.45, 7) is 1.59. The minimum absolute atomic E-state index is 0.0976. The molecule has 0 aliphatic heterocycles. The van der Waals surface area contributed by atoms with Crippen molar-refractivity contribution in [3.8, 4) is 11.1 Å². The number of halogens is 1. The molecule has 1 amide bonds. The largest absolute Gasteiger partial charge is 0.481 e. The smallest absolute Gasteiger partial charge is 0.335 e. The van der Waals surface area contributed by atoms with Gasteiger partial charge in [-0.15, -0.1) is 0 Å². The molecular formula is C26H24ClNO5. The molecule has 0 saturated carbocycles. The Balaban J connectivity index is 1.79. The molecule has 0 heterocycles. The van der Waals surface area contributed by atoms with Crippen molar-refractivity contribution in [2.75, 3.05) is 0 Å². The van der Waals surface area contributed by atoms with Crippen molar-refractivity contribution < 1.29 is 24.6 Å². The average molecular weight is 466 g/mol. The van der Waals surface area contributed by atoms with E-state index in [0.29, 0.717) is 6.42 Å². The summed E-state index contributed by atoms with van der Waals surface area (Å²) in [4.78, 5) is 35.6. The van der Waals surface area contributed by atoms with Crippen LogP contribution >= 0.6 is 11.6 Å². The third-order valence-electron chi connectivity index (χ3n) is 5.34. The van der Waals surface area contributed by atoms with Crippen LogP contribution in [-0.2, 0) is 11.2 Å². The monoisotopic (exact) mass is 465 g/mol. The summed E-state index contributed by atoms with van der Waals surface area (Å²) < 4.78 is 0. The van der Waals surface area contributed by atoms with Gasteiger partial charge in [-0.2, -0.15) is 0 Å². The Labute approximate surface area is 196 Å². The minimum Gasteiger partial charge on any atom is -0.481 e. The number of nitrogens with one attached hydrogen (secondary N) is 1. The number of carboxylic acid groups (broad SMARTS) is 2. The van der Waals surface area contributed by atoms with Crippen LogP contribution in [0.15, 0.2) is 72.8 Å². The molecule has 0 aliphatic rings.